The van der Waals surface area contributed by atoms with Gasteiger partial charge in [0, 0.05) is 6.07 Å². The van der Waals surface area contributed by atoms with Gasteiger partial charge in [0.2, 0.25) is 11.5 Å². The summed E-state index contributed by atoms with van der Waals surface area (Å²) in [5, 5.41) is 14.0. The van der Waals surface area contributed by atoms with E-state index in [1.807, 2.05) is 6.92 Å². The van der Waals surface area contributed by atoms with Crippen LogP contribution >= 0.6 is 15.9 Å². The number of nitro benzene ring substituents is 1. The second-order valence-electron chi connectivity index (χ2n) is 7.08. The monoisotopic (exact) mass is 521 g/mol. The Morgan fingerprint density at radius 2 is 2.09 bits per heavy atom. The SMILES string of the molecule is CC[C@H](C)Oc1c(Br)cc(/C=C2\NC(=O)N(Cc3ccc(C(=O)OC)o3)C2=O)cc1[N+](=O)[O-]. The van der Waals surface area contributed by atoms with Crippen molar-refractivity contribution in [2.75, 3.05) is 7.11 Å². The molecule has 0 bridgehead atoms. The lowest BCUT2D eigenvalue weighted by molar-refractivity contribution is -0.386. The minimum atomic E-state index is -0.701. The Balaban J connectivity index is 1.86. The number of carbonyl (C=O) groups excluding carboxylic acids is 3. The van der Waals surface area contributed by atoms with Gasteiger partial charge in [-0.05, 0) is 59.1 Å². The fourth-order valence-electron chi connectivity index (χ4n) is 2.93. The number of carbonyl (C=O) groups is 3. The summed E-state index contributed by atoms with van der Waals surface area (Å²) in [5.41, 5.74) is -0.0471. The third-order valence-electron chi connectivity index (χ3n) is 4.77. The molecule has 1 aromatic carbocycles. The van der Waals surface area contributed by atoms with Gasteiger partial charge in [0.1, 0.15) is 11.5 Å². The first kappa shape index (κ1) is 24.0. The highest BCUT2D eigenvalue weighted by atomic mass is 79.9. The molecule has 2 aromatic rings. The van der Waals surface area contributed by atoms with Crippen LogP contribution in [0.25, 0.3) is 6.08 Å². The number of halogens is 1. The first-order valence-electron chi connectivity index (χ1n) is 9.80. The van der Waals surface area contributed by atoms with Gasteiger partial charge in [-0.3, -0.25) is 19.8 Å². The summed E-state index contributed by atoms with van der Waals surface area (Å²) < 4.78 is 15.9. The van der Waals surface area contributed by atoms with Crippen molar-refractivity contribution in [2.45, 2.75) is 32.9 Å². The molecule has 0 unspecified atom stereocenters. The second kappa shape index (κ2) is 9.86. The van der Waals surface area contributed by atoms with Crippen molar-refractivity contribution in [3.63, 3.8) is 0 Å². The molecule has 174 valence electrons. The van der Waals surface area contributed by atoms with Crippen molar-refractivity contribution in [3.8, 4) is 5.75 Å². The molecule has 2 heterocycles. The minimum Gasteiger partial charge on any atom is -0.483 e. The minimum absolute atomic E-state index is 0.0628. The molecule has 1 N–H and O–H groups in total. The summed E-state index contributed by atoms with van der Waals surface area (Å²) in [6, 6.07) is 4.93. The zero-order chi connectivity index (χ0) is 24.3. The Bertz CT molecular complexity index is 1160. The number of hydrogen-bond donors (Lipinski definition) is 1. The van der Waals surface area contributed by atoms with E-state index in [0.717, 1.165) is 4.90 Å². The zero-order valence-electron chi connectivity index (χ0n) is 17.9. The average molecular weight is 522 g/mol. The van der Waals surface area contributed by atoms with E-state index >= 15 is 0 Å². The Kier molecular flexibility index (Phi) is 7.16. The van der Waals surface area contributed by atoms with Crippen molar-refractivity contribution in [1.82, 2.24) is 10.2 Å². The Morgan fingerprint density at radius 1 is 1.36 bits per heavy atom. The van der Waals surface area contributed by atoms with E-state index in [0.29, 0.717) is 16.5 Å². The molecule has 1 aromatic heterocycles. The van der Waals surface area contributed by atoms with Crippen LogP contribution in [0.4, 0.5) is 10.5 Å². The van der Waals surface area contributed by atoms with Crippen LogP contribution in [-0.4, -0.2) is 40.9 Å². The van der Waals surface area contributed by atoms with Crippen molar-refractivity contribution in [2.24, 2.45) is 0 Å². The van der Waals surface area contributed by atoms with E-state index < -0.39 is 22.8 Å². The predicted octanol–water partition coefficient (Wildman–Crippen LogP) is 4.01. The number of benzene rings is 1. The fraction of sp³-hybridized carbons (Fsp3) is 0.286. The third kappa shape index (κ3) is 5.22. The van der Waals surface area contributed by atoms with Gasteiger partial charge in [-0.15, -0.1) is 0 Å². The third-order valence-corrected chi connectivity index (χ3v) is 5.36. The molecule has 0 aliphatic carbocycles. The molecule has 3 rings (SSSR count). The highest BCUT2D eigenvalue weighted by Crippen LogP contribution is 2.38. The number of imide groups is 1. The van der Waals surface area contributed by atoms with E-state index in [-0.39, 0.29) is 41.3 Å². The number of urea groups is 1. The number of nitro groups is 1. The molecular weight excluding hydrogens is 502 g/mol. The number of rotatable bonds is 8. The standard InChI is InChI=1S/C21H20BrN3O8/c1-4-11(2)32-18-14(22)7-12(9-16(18)25(29)30)8-15-19(26)24(21(28)23-15)10-13-5-6-17(33-13)20(27)31-3/h5-9,11H,4,10H2,1-3H3,(H,23,28)/b15-8-/t11-/m0/s1. The number of esters is 1. The van der Waals surface area contributed by atoms with Crippen LogP contribution in [0.15, 0.2) is 38.9 Å². The van der Waals surface area contributed by atoms with Crippen molar-refractivity contribution in [1.29, 1.82) is 0 Å². The molecule has 1 saturated heterocycles. The van der Waals surface area contributed by atoms with Crippen LogP contribution in [0.1, 0.15) is 42.1 Å². The molecule has 0 spiro atoms. The summed E-state index contributed by atoms with van der Waals surface area (Å²) in [5.74, 6) is -1.13. The molecular formula is C21H20BrN3O8. The Hall–Kier alpha value is -3.67. The quantitative estimate of drug-likeness (QED) is 0.180. The summed E-state index contributed by atoms with van der Waals surface area (Å²) in [6.45, 7) is 3.47. The van der Waals surface area contributed by atoms with E-state index in [1.54, 1.807) is 13.0 Å². The van der Waals surface area contributed by atoms with E-state index in [4.69, 9.17) is 9.15 Å². The van der Waals surface area contributed by atoms with Gasteiger partial charge >= 0.3 is 17.7 Å². The predicted molar refractivity (Wildman–Crippen MR) is 118 cm³/mol. The molecule has 1 atom stereocenters. The van der Waals surface area contributed by atoms with Crippen LogP contribution in [0.5, 0.6) is 5.75 Å². The number of methoxy groups -OCH3 is 1. The van der Waals surface area contributed by atoms with Crippen molar-refractivity contribution >= 4 is 45.6 Å². The normalized spacial score (nSPS) is 15.5. The topological polar surface area (TPSA) is 141 Å². The maximum atomic E-state index is 12.7. The molecule has 3 amide bonds. The van der Waals surface area contributed by atoms with Gasteiger partial charge in [0.25, 0.3) is 5.91 Å². The van der Waals surface area contributed by atoms with Gasteiger partial charge in [0.15, 0.2) is 0 Å². The largest absolute Gasteiger partial charge is 0.483 e. The molecule has 11 nitrogen and oxygen atoms in total. The maximum absolute atomic E-state index is 12.7. The summed E-state index contributed by atoms with van der Waals surface area (Å²) in [4.78, 5) is 48.4. The van der Waals surface area contributed by atoms with Crippen LogP contribution in [0.3, 0.4) is 0 Å². The molecule has 33 heavy (non-hydrogen) atoms. The summed E-state index contributed by atoms with van der Waals surface area (Å²) in [6.07, 6.45) is 1.74. The van der Waals surface area contributed by atoms with Crippen molar-refractivity contribution in [3.05, 3.63) is 61.6 Å². The number of nitrogens with one attached hydrogen (secondary N) is 1. The summed E-state index contributed by atoms with van der Waals surface area (Å²) >= 11 is 3.28. The zero-order valence-corrected chi connectivity index (χ0v) is 19.5. The van der Waals surface area contributed by atoms with Crippen molar-refractivity contribution < 1.29 is 33.2 Å². The van der Waals surface area contributed by atoms with Crippen LogP contribution in [-0.2, 0) is 16.1 Å². The molecule has 1 aliphatic rings. The van der Waals surface area contributed by atoms with E-state index in [9.17, 15) is 24.5 Å². The number of amides is 3. The molecule has 1 aliphatic heterocycles. The van der Waals surface area contributed by atoms with Crippen LogP contribution in [0.2, 0.25) is 0 Å². The van der Waals surface area contributed by atoms with Crippen LogP contribution in [0, 0.1) is 10.1 Å². The maximum Gasteiger partial charge on any atom is 0.373 e. The smallest absolute Gasteiger partial charge is 0.373 e. The van der Waals surface area contributed by atoms with E-state index in [2.05, 4.69) is 26.0 Å². The molecule has 12 heteroatoms. The second-order valence-corrected chi connectivity index (χ2v) is 7.94. The van der Waals surface area contributed by atoms with Gasteiger partial charge in [-0.2, -0.15) is 0 Å². The Morgan fingerprint density at radius 3 is 2.73 bits per heavy atom. The first-order valence-corrected chi connectivity index (χ1v) is 10.6. The van der Waals surface area contributed by atoms with E-state index in [1.165, 1.54) is 31.4 Å². The number of ether oxygens (including phenoxy) is 2. The first-order chi connectivity index (χ1) is 15.6. The number of nitrogens with zero attached hydrogens (tertiary/aromatic N) is 2. The lowest BCUT2D eigenvalue weighted by Crippen LogP contribution is -2.30. The molecule has 0 saturated carbocycles. The van der Waals surface area contributed by atoms with Gasteiger partial charge < -0.3 is 19.2 Å². The van der Waals surface area contributed by atoms with Gasteiger partial charge in [0.05, 0.1) is 29.2 Å². The van der Waals surface area contributed by atoms with Gasteiger partial charge in [-0.1, -0.05) is 6.92 Å². The van der Waals surface area contributed by atoms with Gasteiger partial charge in [-0.25, -0.2) is 9.59 Å². The lowest BCUT2D eigenvalue weighted by Gasteiger charge is -2.14. The van der Waals surface area contributed by atoms with Crippen LogP contribution < -0.4 is 10.1 Å². The Labute approximate surface area is 196 Å². The lowest BCUT2D eigenvalue weighted by atomic mass is 10.1. The highest BCUT2D eigenvalue weighted by molar-refractivity contribution is 9.10. The number of hydrogen-bond acceptors (Lipinski definition) is 8. The highest BCUT2D eigenvalue weighted by Gasteiger charge is 2.34. The fourth-order valence-corrected chi connectivity index (χ4v) is 3.49. The average Bonchev–Trinajstić information content (AvgIpc) is 3.35. The summed E-state index contributed by atoms with van der Waals surface area (Å²) in [7, 11) is 1.20. The number of furan rings is 1. The molecule has 1 fully saturated rings. The molecule has 0 radical (unpaired) electrons.